The van der Waals surface area contributed by atoms with E-state index >= 15 is 0 Å². The Kier molecular flexibility index (Phi) is 4.85. The van der Waals surface area contributed by atoms with Crippen molar-refractivity contribution in [1.82, 2.24) is 0 Å². The molecule has 0 radical (unpaired) electrons. The molecule has 4 nitrogen and oxygen atoms in total. The maximum absolute atomic E-state index is 11.8. The number of methoxy groups -OCH3 is 1. The van der Waals surface area contributed by atoms with Gasteiger partial charge in [-0.15, -0.1) is 11.6 Å². The van der Waals surface area contributed by atoms with Gasteiger partial charge in [-0.2, -0.15) is 0 Å². The highest BCUT2D eigenvalue weighted by Gasteiger charge is 2.03. The maximum Gasteiger partial charge on any atom is 0.323 e. The molecule has 0 saturated carbocycles. The number of hydrogen-bond donors (Lipinski definition) is 2. The predicted octanol–water partition coefficient (Wildman–Crippen LogP) is 4.08. The Balaban J connectivity index is 1.97. The zero-order valence-electron chi connectivity index (χ0n) is 11.0. The lowest BCUT2D eigenvalue weighted by molar-refractivity contribution is 0.262. The van der Waals surface area contributed by atoms with Crippen molar-refractivity contribution in [3.63, 3.8) is 0 Å². The Morgan fingerprint density at radius 1 is 1.10 bits per heavy atom. The SMILES string of the molecule is COc1cccc(NC(=O)Nc2ccc(CCl)cc2)c1. The Morgan fingerprint density at radius 3 is 2.45 bits per heavy atom. The van der Waals surface area contributed by atoms with Crippen LogP contribution in [-0.4, -0.2) is 13.1 Å². The first kappa shape index (κ1) is 14.2. The van der Waals surface area contributed by atoms with Gasteiger partial charge in [0, 0.05) is 23.3 Å². The average Bonchev–Trinajstić information content (AvgIpc) is 2.48. The Hall–Kier alpha value is -2.20. The number of ether oxygens (including phenoxy) is 1. The molecule has 0 aliphatic rings. The third-order valence-corrected chi connectivity index (χ3v) is 3.00. The molecular formula is C15H15ClN2O2. The number of rotatable bonds is 4. The fraction of sp³-hybridized carbons (Fsp3) is 0.133. The number of benzene rings is 2. The van der Waals surface area contributed by atoms with E-state index in [0.717, 1.165) is 5.56 Å². The zero-order chi connectivity index (χ0) is 14.4. The van der Waals surface area contributed by atoms with E-state index in [4.69, 9.17) is 16.3 Å². The minimum Gasteiger partial charge on any atom is -0.497 e. The van der Waals surface area contributed by atoms with Crippen LogP contribution in [0.3, 0.4) is 0 Å². The molecule has 0 aliphatic carbocycles. The summed E-state index contributed by atoms with van der Waals surface area (Å²) in [5.74, 6) is 1.14. The molecule has 104 valence electrons. The summed E-state index contributed by atoms with van der Waals surface area (Å²) >= 11 is 5.71. The number of alkyl halides is 1. The van der Waals surface area contributed by atoms with E-state index in [9.17, 15) is 4.79 Å². The average molecular weight is 291 g/mol. The van der Waals surface area contributed by atoms with E-state index < -0.39 is 0 Å². The van der Waals surface area contributed by atoms with Gasteiger partial charge in [0.2, 0.25) is 0 Å². The highest BCUT2D eigenvalue weighted by atomic mass is 35.5. The minimum atomic E-state index is -0.308. The van der Waals surface area contributed by atoms with Gasteiger partial charge in [0.1, 0.15) is 5.75 Å². The van der Waals surface area contributed by atoms with Crippen LogP contribution in [0.25, 0.3) is 0 Å². The summed E-state index contributed by atoms with van der Waals surface area (Å²) in [7, 11) is 1.58. The molecule has 2 rings (SSSR count). The topological polar surface area (TPSA) is 50.4 Å². The van der Waals surface area contributed by atoms with Gasteiger partial charge in [-0.1, -0.05) is 18.2 Å². The second-order valence-electron chi connectivity index (χ2n) is 4.14. The van der Waals surface area contributed by atoms with Gasteiger partial charge >= 0.3 is 6.03 Å². The molecule has 0 unspecified atom stereocenters. The molecular weight excluding hydrogens is 276 g/mol. The molecule has 0 bridgehead atoms. The molecule has 0 fully saturated rings. The smallest absolute Gasteiger partial charge is 0.323 e. The van der Waals surface area contributed by atoms with Gasteiger partial charge in [0.25, 0.3) is 0 Å². The number of amides is 2. The first-order valence-corrected chi connectivity index (χ1v) is 6.61. The van der Waals surface area contributed by atoms with Crippen molar-refractivity contribution >= 4 is 29.0 Å². The third kappa shape index (κ3) is 3.90. The molecule has 2 N–H and O–H groups in total. The molecule has 0 saturated heterocycles. The van der Waals surface area contributed by atoms with Gasteiger partial charge in [0.15, 0.2) is 0 Å². The van der Waals surface area contributed by atoms with Crippen LogP contribution in [0.2, 0.25) is 0 Å². The fourth-order valence-electron chi connectivity index (χ4n) is 1.67. The minimum absolute atomic E-state index is 0.308. The van der Waals surface area contributed by atoms with E-state index in [1.54, 1.807) is 19.2 Å². The summed E-state index contributed by atoms with van der Waals surface area (Å²) in [4.78, 5) is 11.8. The number of halogens is 1. The number of carbonyl (C=O) groups is 1. The van der Waals surface area contributed by atoms with Gasteiger partial charge in [-0.3, -0.25) is 0 Å². The summed E-state index contributed by atoms with van der Waals surface area (Å²) in [6.45, 7) is 0. The van der Waals surface area contributed by atoms with Crippen LogP contribution in [-0.2, 0) is 5.88 Å². The second-order valence-corrected chi connectivity index (χ2v) is 4.41. The summed E-state index contributed by atoms with van der Waals surface area (Å²) in [5, 5.41) is 5.48. The molecule has 0 spiro atoms. The largest absolute Gasteiger partial charge is 0.497 e. The van der Waals surface area contributed by atoms with Crippen molar-refractivity contribution < 1.29 is 9.53 Å². The summed E-state index contributed by atoms with van der Waals surface area (Å²) < 4.78 is 5.10. The van der Waals surface area contributed by atoms with E-state index in [1.165, 1.54) is 0 Å². The number of nitrogens with one attached hydrogen (secondary N) is 2. The van der Waals surface area contributed by atoms with Crippen LogP contribution in [0.5, 0.6) is 5.75 Å². The van der Waals surface area contributed by atoms with Crippen molar-refractivity contribution in [3.05, 3.63) is 54.1 Å². The van der Waals surface area contributed by atoms with E-state index in [-0.39, 0.29) is 6.03 Å². The van der Waals surface area contributed by atoms with Crippen LogP contribution < -0.4 is 15.4 Å². The number of anilines is 2. The highest BCUT2D eigenvalue weighted by Crippen LogP contribution is 2.17. The predicted molar refractivity (Wildman–Crippen MR) is 81.6 cm³/mol. The third-order valence-electron chi connectivity index (χ3n) is 2.69. The van der Waals surface area contributed by atoms with Gasteiger partial charge < -0.3 is 15.4 Å². The number of hydrogen-bond acceptors (Lipinski definition) is 2. The number of urea groups is 1. The van der Waals surface area contributed by atoms with Crippen LogP contribution in [0, 0.1) is 0 Å². The van der Waals surface area contributed by atoms with E-state index in [2.05, 4.69) is 10.6 Å². The van der Waals surface area contributed by atoms with Crippen molar-refractivity contribution in [2.24, 2.45) is 0 Å². The highest BCUT2D eigenvalue weighted by molar-refractivity contribution is 6.17. The van der Waals surface area contributed by atoms with Gasteiger partial charge in [-0.25, -0.2) is 4.79 Å². The molecule has 0 heterocycles. The molecule has 2 aromatic carbocycles. The first-order chi connectivity index (χ1) is 9.71. The Morgan fingerprint density at radius 2 is 1.80 bits per heavy atom. The molecule has 0 aliphatic heterocycles. The molecule has 0 atom stereocenters. The monoisotopic (exact) mass is 290 g/mol. The van der Waals surface area contributed by atoms with Gasteiger partial charge in [-0.05, 0) is 29.8 Å². The van der Waals surface area contributed by atoms with E-state index in [1.807, 2.05) is 36.4 Å². The normalized spacial score (nSPS) is 9.90. The van der Waals surface area contributed by atoms with Crippen LogP contribution in [0.4, 0.5) is 16.2 Å². The van der Waals surface area contributed by atoms with Crippen LogP contribution >= 0.6 is 11.6 Å². The molecule has 2 amide bonds. The van der Waals surface area contributed by atoms with Gasteiger partial charge in [0.05, 0.1) is 7.11 Å². The summed E-state index contributed by atoms with van der Waals surface area (Å²) in [6.07, 6.45) is 0. The van der Waals surface area contributed by atoms with E-state index in [0.29, 0.717) is 23.0 Å². The lowest BCUT2D eigenvalue weighted by Crippen LogP contribution is -2.19. The molecule has 2 aromatic rings. The van der Waals surface area contributed by atoms with Crippen LogP contribution in [0.15, 0.2) is 48.5 Å². The Bertz CT molecular complexity index is 585. The van der Waals surface area contributed by atoms with Crippen molar-refractivity contribution in [1.29, 1.82) is 0 Å². The van der Waals surface area contributed by atoms with Crippen LogP contribution in [0.1, 0.15) is 5.56 Å². The van der Waals surface area contributed by atoms with Crippen molar-refractivity contribution in [3.8, 4) is 5.75 Å². The second kappa shape index (κ2) is 6.82. The van der Waals surface area contributed by atoms with Crippen molar-refractivity contribution in [2.45, 2.75) is 5.88 Å². The zero-order valence-corrected chi connectivity index (χ0v) is 11.8. The maximum atomic E-state index is 11.8. The number of carbonyl (C=O) groups excluding carboxylic acids is 1. The molecule has 5 heteroatoms. The van der Waals surface area contributed by atoms with Crippen molar-refractivity contribution in [2.75, 3.05) is 17.7 Å². The summed E-state index contributed by atoms with van der Waals surface area (Å²) in [5.41, 5.74) is 2.38. The lowest BCUT2D eigenvalue weighted by atomic mass is 10.2. The quantitative estimate of drug-likeness (QED) is 0.834. The fourth-order valence-corrected chi connectivity index (χ4v) is 1.85. The Labute approximate surface area is 122 Å². The molecule has 20 heavy (non-hydrogen) atoms. The standard InChI is InChI=1S/C15H15ClN2O2/c1-20-14-4-2-3-13(9-14)18-15(19)17-12-7-5-11(10-16)6-8-12/h2-9H,10H2,1H3,(H2,17,18,19). The summed E-state index contributed by atoms with van der Waals surface area (Å²) in [6, 6.07) is 14.2. The first-order valence-electron chi connectivity index (χ1n) is 6.08. The molecule has 0 aromatic heterocycles. The lowest BCUT2D eigenvalue weighted by Gasteiger charge is -2.09.